The summed E-state index contributed by atoms with van der Waals surface area (Å²) in [5, 5.41) is 3.33. The van der Waals surface area contributed by atoms with Gasteiger partial charge in [-0.15, -0.1) is 11.8 Å². The minimum atomic E-state index is -0.430. The molecule has 0 bridgehead atoms. The lowest BCUT2D eigenvalue weighted by molar-refractivity contribution is -0.118. The Kier molecular flexibility index (Phi) is 6.89. The van der Waals surface area contributed by atoms with Gasteiger partial charge in [0.05, 0.1) is 18.7 Å². The van der Waals surface area contributed by atoms with Crippen LogP contribution in [-0.4, -0.2) is 23.7 Å². The predicted octanol–water partition coefficient (Wildman–Crippen LogP) is 3.69. The van der Waals surface area contributed by atoms with Crippen LogP contribution in [0.3, 0.4) is 0 Å². The number of primary amides is 1. The highest BCUT2D eigenvalue weighted by molar-refractivity contribution is 7.99. The van der Waals surface area contributed by atoms with Gasteiger partial charge in [-0.05, 0) is 36.4 Å². The molecule has 0 heterocycles. The Morgan fingerprint density at radius 2 is 1.80 bits per heavy atom. The number of hydrogen-bond donors (Lipinski definition) is 2. The third kappa shape index (κ3) is 6.15. The van der Waals surface area contributed by atoms with Crippen molar-refractivity contribution in [2.75, 3.05) is 11.9 Å². The average molecular weight is 358 g/mol. The van der Waals surface area contributed by atoms with Crippen LogP contribution < -0.4 is 15.8 Å². The standard InChI is InChI=1S/C19H22N2O3S/c1-13(2)25-15-9-7-14(8-10-15)19(23)21-16-5-3-4-6-17(16)24-12-11-18(20)22/h3-10,13H,11-12H2,1-2H3,(H2,20,22)(H,21,23). The van der Waals surface area contributed by atoms with Crippen molar-refractivity contribution >= 4 is 29.3 Å². The number of nitrogens with one attached hydrogen (secondary N) is 1. The number of amides is 2. The first-order valence-electron chi connectivity index (χ1n) is 8.04. The smallest absolute Gasteiger partial charge is 0.255 e. The second-order valence-electron chi connectivity index (χ2n) is 5.71. The molecule has 0 fully saturated rings. The minimum absolute atomic E-state index is 0.122. The van der Waals surface area contributed by atoms with Crippen LogP contribution in [-0.2, 0) is 4.79 Å². The predicted molar refractivity (Wildman–Crippen MR) is 101 cm³/mol. The molecule has 0 unspecified atom stereocenters. The fourth-order valence-electron chi connectivity index (χ4n) is 2.11. The third-order valence-electron chi connectivity index (χ3n) is 3.23. The van der Waals surface area contributed by atoms with Crippen molar-refractivity contribution in [3.63, 3.8) is 0 Å². The van der Waals surface area contributed by atoms with Gasteiger partial charge in [0.1, 0.15) is 5.75 Å². The van der Waals surface area contributed by atoms with Crippen molar-refractivity contribution in [3.05, 3.63) is 54.1 Å². The van der Waals surface area contributed by atoms with E-state index in [-0.39, 0.29) is 18.9 Å². The van der Waals surface area contributed by atoms with Crippen molar-refractivity contribution < 1.29 is 14.3 Å². The molecule has 5 nitrogen and oxygen atoms in total. The number of para-hydroxylation sites is 2. The van der Waals surface area contributed by atoms with E-state index in [9.17, 15) is 9.59 Å². The number of thioether (sulfide) groups is 1. The van der Waals surface area contributed by atoms with Crippen molar-refractivity contribution in [2.45, 2.75) is 30.4 Å². The molecule has 0 spiro atoms. The molecule has 0 radical (unpaired) electrons. The van der Waals surface area contributed by atoms with Gasteiger partial charge in [0, 0.05) is 15.7 Å². The van der Waals surface area contributed by atoms with Gasteiger partial charge < -0.3 is 15.8 Å². The molecule has 25 heavy (non-hydrogen) atoms. The maximum Gasteiger partial charge on any atom is 0.255 e. The molecule has 132 valence electrons. The van der Waals surface area contributed by atoms with Crippen molar-refractivity contribution in [2.24, 2.45) is 5.73 Å². The fourth-order valence-corrected chi connectivity index (χ4v) is 2.95. The van der Waals surface area contributed by atoms with E-state index in [4.69, 9.17) is 10.5 Å². The Morgan fingerprint density at radius 1 is 1.12 bits per heavy atom. The first-order valence-corrected chi connectivity index (χ1v) is 8.92. The van der Waals surface area contributed by atoms with E-state index in [1.54, 1.807) is 48.2 Å². The maximum absolute atomic E-state index is 12.4. The van der Waals surface area contributed by atoms with Gasteiger partial charge >= 0.3 is 0 Å². The van der Waals surface area contributed by atoms with Gasteiger partial charge in [0.25, 0.3) is 5.91 Å². The lowest BCUT2D eigenvalue weighted by Gasteiger charge is -2.12. The molecular formula is C19H22N2O3S. The highest BCUT2D eigenvalue weighted by Crippen LogP contribution is 2.26. The average Bonchev–Trinajstić information content (AvgIpc) is 2.56. The second kappa shape index (κ2) is 9.13. The van der Waals surface area contributed by atoms with Gasteiger partial charge in [0.15, 0.2) is 0 Å². The number of benzene rings is 2. The zero-order valence-electron chi connectivity index (χ0n) is 14.3. The molecule has 0 aromatic heterocycles. The number of ether oxygens (including phenoxy) is 1. The third-order valence-corrected chi connectivity index (χ3v) is 4.25. The Labute approximate surface area is 151 Å². The molecule has 2 aromatic rings. The van der Waals surface area contributed by atoms with Gasteiger partial charge in [0.2, 0.25) is 5.91 Å². The van der Waals surface area contributed by atoms with E-state index >= 15 is 0 Å². The van der Waals surface area contributed by atoms with Gasteiger partial charge in [-0.1, -0.05) is 26.0 Å². The highest BCUT2D eigenvalue weighted by Gasteiger charge is 2.10. The number of hydrogen-bond acceptors (Lipinski definition) is 4. The number of carbonyl (C=O) groups excluding carboxylic acids is 2. The van der Waals surface area contributed by atoms with Crippen LogP contribution in [0.25, 0.3) is 0 Å². The molecular weight excluding hydrogens is 336 g/mol. The molecule has 2 rings (SSSR count). The van der Waals surface area contributed by atoms with Gasteiger partial charge in [-0.25, -0.2) is 0 Å². The van der Waals surface area contributed by atoms with E-state index in [2.05, 4.69) is 19.2 Å². The minimum Gasteiger partial charge on any atom is -0.491 e. The summed E-state index contributed by atoms with van der Waals surface area (Å²) in [6, 6.07) is 14.6. The molecule has 0 atom stereocenters. The lowest BCUT2D eigenvalue weighted by atomic mass is 10.2. The highest BCUT2D eigenvalue weighted by atomic mass is 32.2. The second-order valence-corrected chi connectivity index (χ2v) is 7.36. The normalized spacial score (nSPS) is 10.5. The molecule has 2 aromatic carbocycles. The number of anilines is 1. The van der Waals surface area contributed by atoms with Gasteiger partial charge in [-0.3, -0.25) is 9.59 Å². The molecule has 3 N–H and O–H groups in total. The SMILES string of the molecule is CC(C)Sc1ccc(C(=O)Nc2ccccc2OCCC(N)=O)cc1. The Bertz CT molecular complexity index is 730. The summed E-state index contributed by atoms with van der Waals surface area (Å²) in [7, 11) is 0. The molecule has 0 saturated heterocycles. The zero-order valence-corrected chi connectivity index (χ0v) is 15.1. The number of nitrogens with two attached hydrogens (primary N) is 1. The van der Waals surface area contributed by atoms with Gasteiger partial charge in [-0.2, -0.15) is 0 Å². The van der Waals surface area contributed by atoms with Crippen LogP contribution in [0.4, 0.5) is 5.69 Å². The molecule has 6 heteroatoms. The largest absolute Gasteiger partial charge is 0.491 e. The Hall–Kier alpha value is -2.47. The van der Waals surface area contributed by atoms with E-state index in [0.29, 0.717) is 22.3 Å². The maximum atomic E-state index is 12.4. The quantitative estimate of drug-likeness (QED) is 0.705. The summed E-state index contributed by atoms with van der Waals surface area (Å²) in [4.78, 5) is 24.4. The van der Waals surface area contributed by atoms with E-state index in [1.165, 1.54) is 0 Å². The number of carbonyl (C=O) groups is 2. The lowest BCUT2D eigenvalue weighted by Crippen LogP contribution is -2.16. The molecule has 0 saturated carbocycles. The van der Waals surface area contributed by atoms with Crippen molar-refractivity contribution in [1.29, 1.82) is 0 Å². The summed E-state index contributed by atoms with van der Waals surface area (Å²) >= 11 is 1.75. The van der Waals surface area contributed by atoms with Crippen LogP contribution in [0.1, 0.15) is 30.6 Å². The molecule has 2 amide bonds. The van der Waals surface area contributed by atoms with Crippen molar-refractivity contribution in [1.82, 2.24) is 0 Å². The monoisotopic (exact) mass is 358 g/mol. The summed E-state index contributed by atoms with van der Waals surface area (Å²) in [6.07, 6.45) is 0.122. The summed E-state index contributed by atoms with van der Waals surface area (Å²) in [6.45, 7) is 4.42. The van der Waals surface area contributed by atoms with Crippen LogP contribution in [0.2, 0.25) is 0 Å². The summed E-state index contributed by atoms with van der Waals surface area (Å²) in [5.74, 6) is -0.142. The summed E-state index contributed by atoms with van der Waals surface area (Å²) < 4.78 is 5.53. The number of rotatable bonds is 8. The van der Waals surface area contributed by atoms with Crippen LogP contribution in [0, 0.1) is 0 Å². The Morgan fingerprint density at radius 3 is 2.44 bits per heavy atom. The fraction of sp³-hybridized carbons (Fsp3) is 0.263. The Balaban J connectivity index is 2.03. The summed E-state index contributed by atoms with van der Waals surface area (Å²) in [5.41, 5.74) is 6.23. The van der Waals surface area contributed by atoms with E-state index < -0.39 is 5.91 Å². The van der Waals surface area contributed by atoms with Crippen molar-refractivity contribution in [3.8, 4) is 5.75 Å². The molecule has 0 aliphatic heterocycles. The zero-order chi connectivity index (χ0) is 18.2. The first kappa shape index (κ1) is 18.9. The van der Waals surface area contributed by atoms with Crippen LogP contribution >= 0.6 is 11.8 Å². The van der Waals surface area contributed by atoms with E-state index in [0.717, 1.165) is 4.90 Å². The molecule has 0 aliphatic rings. The molecule has 0 aliphatic carbocycles. The van der Waals surface area contributed by atoms with Crippen LogP contribution in [0.15, 0.2) is 53.4 Å². The topological polar surface area (TPSA) is 81.4 Å². The van der Waals surface area contributed by atoms with E-state index in [1.807, 2.05) is 12.1 Å². The first-order chi connectivity index (χ1) is 12.0. The van der Waals surface area contributed by atoms with Crippen LogP contribution in [0.5, 0.6) is 5.75 Å².